The second-order valence-corrected chi connectivity index (χ2v) is 7.06. The smallest absolute Gasteiger partial charge is 0.263 e. The predicted molar refractivity (Wildman–Crippen MR) is 108 cm³/mol. The number of hydrogen-bond donors (Lipinski definition) is 3. The van der Waals surface area contributed by atoms with Crippen LogP contribution in [0.15, 0.2) is 48.5 Å². The van der Waals surface area contributed by atoms with Gasteiger partial charge in [-0.15, -0.1) is 11.3 Å². The van der Waals surface area contributed by atoms with Crippen LogP contribution >= 0.6 is 22.9 Å². The van der Waals surface area contributed by atoms with Crippen LogP contribution in [0.2, 0.25) is 5.02 Å². The Balaban J connectivity index is 1.62. The molecular weight excluding hydrogens is 386 g/mol. The minimum absolute atomic E-state index is 0.215. The first-order chi connectivity index (χ1) is 13.0. The molecule has 138 valence electrons. The third-order valence-corrected chi connectivity index (χ3v) is 5.46. The molecule has 0 aliphatic heterocycles. The van der Waals surface area contributed by atoms with E-state index in [4.69, 9.17) is 11.6 Å². The number of fused-ring (bicyclic) bond motifs is 1. The van der Waals surface area contributed by atoms with Gasteiger partial charge < -0.3 is 16.0 Å². The molecule has 3 N–H and O–H groups in total. The van der Waals surface area contributed by atoms with Gasteiger partial charge in [0.2, 0.25) is 5.91 Å². The van der Waals surface area contributed by atoms with Crippen LogP contribution in [0.3, 0.4) is 0 Å². The van der Waals surface area contributed by atoms with Gasteiger partial charge in [0.15, 0.2) is 0 Å². The van der Waals surface area contributed by atoms with E-state index in [1.54, 1.807) is 24.3 Å². The molecule has 0 atom stereocenters. The minimum Gasteiger partial charge on any atom is -0.355 e. The Morgan fingerprint density at radius 2 is 1.81 bits per heavy atom. The number of thiophene rings is 1. The SMILES string of the molecule is CNC(=O)c1cccc(NC(=O)CNC(=O)c2sc3ccccc3c2Cl)c1. The molecule has 3 rings (SSSR count). The molecule has 0 fully saturated rings. The van der Waals surface area contributed by atoms with Crippen molar-refractivity contribution in [1.82, 2.24) is 10.6 Å². The average Bonchev–Trinajstić information content (AvgIpc) is 3.02. The van der Waals surface area contributed by atoms with Crippen LogP contribution in [-0.2, 0) is 4.79 Å². The molecule has 8 heteroatoms. The molecule has 1 aromatic heterocycles. The van der Waals surface area contributed by atoms with Crippen molar-refractivity contribution in [3.63, 3.8) is 0 Å². The van der Waals surface area contributed by atoms with Crippen molar-refractivity contribution in [2.24, 2.45) is 0 Å². The summed E-state index contributed by atoms with van der Waals surface area (Å²) in [7, 11) is 1.53. The lowest BCUT2D eigenvalue weighted by Crippen LogP contribution is -2.32. The average molecular weight is 402 g/mol. The van der Waals surface area contributed by atoms with Gasteiger partial charge in [-0.25, -0.2) is 0 Å². The van der Waals surface area contributed by atoms with Crippen LogP contribution in [0.5, 0.6) is 0 Å². The normalized spacial score (nSPS) is 10.4. The second kappa shape index (κ2) is 8.20. The molecule has 3 aromatic rings. The second-order valence-electron chi connectivity index (χ2n) is 5.63. The molecule has 0 aliphatic rings. The van der Waals surface area contributed by atoms with Crippen LogP contribution in [0.25, 0.3) is 10.1 Å². The summed E-state index contributed by atoms with van der Waals surface area (Å²) < 4.78 is 0.906. The van der Waals surface area contributed by atoms with Crippen molar-refractivity contribution in [2.45, 2.75) is 0 Å². The molecule has 27 heavy (non-hydrogen) atoms. The lowest BCUT2D eigenvalue weighted by atomic mass is 10.2. The molecule has 0 aliphatic carbocycles. The van der Waals surface area contributed by atoms with Gasteiger partial charge in [-0.1, -0.05) is 35.9 Å². The highest BCUT2D eigenvalue weighted by atomic mass is 35.5. The van der Waals surface area contributed by atoms with Crippen molar-refractivity contribution in [3.8, 4) is 0 Å². The highest BCUT2D eigenvalue weighted by molar-refractivity contribution is 7.21. The van der Waals surface area contributed by atoms with Crippen molar-refractivity contribution >= 4 is 56.4 Å². The summed E-state index contributed by atoms with van der Waals surface area (Å²) in [6.07, 6.45) is 0. The number of carbonyl (C=O) groups is 3. The first-order valence-corrected chi connectivity index (χ1v) is 9.26. The van der Waals surface area contributed by atoms with E-state index in [0.29, 0.717) is 21.2 Å². The van der Waals surface area contributed by atoms with Crippen LogP contribution in [-0.4, -0.2) is 31.3 Å². The lowest BCUT2D eigenvalue weighted by molar-refractivity contribution is -0.115. The molecule has 1 heterocycles. The van der Waals surface area contributed by atoms with Crippen molar-refractivity contribution in [2.75, 3.05) is 18.9 Å². The van der Waals surface area contributed by atoms with E-state index in [2.05, 4.69) is 16.0 Å². The Morgan fingerprint density at radius 3 is 2.56 bits per heavy atom. The highest BCUT2D eigenvalue weighted by Crippen LogP contribution is 2.34. The maximum Gasteiger partial charge on any atom is 0.263 e. The van der Waals surface area contributed by atoms with E-state index in [1.165, 1.54) is 18.4 Å². The van der Waals surface area contributed by atoms with Crippen molar-refractivity contribution in [3.05, 3.63) is 64.0 Å². The molecule has 0 spiro atoms. The number of rotatable bonds is 5. The summed E-state index contributed by atoms with van der Waals surface area (Å²) in [6.45, 7) is -0.215. The van der Waals surface area contributed by atoms with Crippen LogP contribution in [0.4, 0.5) is 5.69 Å². The fourth-order valence-electron chi connectivity index (χ4n) is 2.49. The predicted octanol–water partition coefficient (Wildman–Crippen LogP) is 3.28. The van der Waals surface area contributed by atoms with E-state index < -0.39 is 11.8 Å². The van der Waals surface area contributed by atoms with E-state index in [1.807, 2.05) is 24.3 Å². The Kier molecular flexibility index (Phi) is 5.73. The Bertz CT molecular complexity index is 1030. The summed E-state index contributed by atoms with van der Waals surface area (Å²) >= 11 is 7.54. The zero-order valence-corrected chi connectivity index (χ0v) is 15.9. The van der Waals surface area contributed by atoms with Gasteiger partial charge in [0.1, 0.15) is 4.88 Å². The largest absolute Gasteiger partial charge is 0.355 e. The molecule has 0 radical (unpaired) electrons. The number of hydrogen-bond acceptors (Lipinski definition) is 4. The van der Waals surface area contributed by atoms with Gasteiger partial charge in [0.05, 0.1) is 11.6 Å². The summed E-state index contributed by atoms with van der Waals surface area (Å²) in [5.41, 5.74) is 0.895. The summed E-state index contributed by atoms with van der Waals surface area (Å²) in [5, 5.41) is 8.92. The van der Waals surface area contributed by atoms with Crippen molar-refractivity contribution in [1.29, 1.82) is 0 Å². The number of halogens is 1. The molecule has 0 bridgehead atoms. The molecule has 0 unspecified atom stereocenters. The van der Waals surface area contributed by atoms with Crippen LogP contribution < -0.4 is 16.0 Å². The minimum atomic E-state index is -0.408. The number of carbonyl (C=O) groups excluding carboxylic acids is 3. The van der Waals surface area contributed by atoms with Gasteiger partial charge in [-0.3, -0.25) is 14.4 Å². The molecule has 0 saturated heterocycles. The molecule has 3 amide bonds. The Morgan fingerprint density at radius 1 is 1.04 bits per heavy atom. The quantitative estimate of drug-likeness (QED) is 0.613. The van der Waals surface area contributed by atoms with Crippen LogP contribution in [0, 0.1) is 0 Å². The lowest BCUT2D eigenvalue weighted by Gasteiger charge is -2.08. The monoisotopic (exact) mass is 401 g/mol. The van der Waals surface area contributed by atoms with Crippen LogP contribution in [0.1, 0.15) is 20.0 Å². The number of benzene rings is 2. The summed E-state index contributed by atoms with van der Waals surface area (Å²) in [6, 6.07) is 14.0. The molecule has 6 nitrogen and oxygen atoms in total. The zero-order valence-electron chi connectivity index (χ0n) is 14.3. The van der Waals surface area contributed by atoms with Gasteiger partial charge >= 0.3 is 0 Å². The van der Waals surface area contributed by atoms with Gasteiger partial charge in [-0.2, -0.15) is 0 Å². The number of amides is 3. The van der Waals surface area contributed by atoms with E-state index >= 15 is 0 Å². The van der Waals surface area contributed by atoms with E-state index in [9.17, 15) is 14.4 Å². The maximum atomic E-state index is 12.4. The zero-order chi connectivity index (χ0) is 19.4. The third kappa shape index (κ3) is 4.27. The van der Waals surface area contributed by atoms with Gasteiger partial charge in [-0.05, 0) is 24.3 Å². The summed E-state index contributed by atoms with van der Waals surface area (Å²) in [5.74, 6) is -1.07. The Hall–Kier alpha value is -2.90. The maximum absolute atomic E-state index is 12.4. The topological polar surface area (TPSA) is 87.3 Å². The third-order valence-electron chi connectivity index (χ3n) is 3.79. The summed E-state index contributed by atoms with van der Waals surface area (Å²) in [4.78, 5) is 36.5. The molecule has 2 aromatic carbocycles. The fourth-order valence-corrected chi connectivity index (χ4v) is 3.92. The van der Waals surface area contributed by atoms with E-state index in [0.717, 1.165) is 10.1 Å². The first-order valence-electron chi connectivity index (χ1n) is 8.07. The number of nitrogens with one attached hydrogen (secondary N) is 3. The molecular formula is C19H16ClN3O3S. The first kappa shape index (κ1) is 18.9. The standard InChI is InChI=1S/C19H16ClN3O3S/c1-21-18(25)11-5-4-6-12(9-11)23-15(24)10-22-19(26)17-16(20)13-7-2-3-8-14(13)27-17/h2-9H,10H2,1H3,(H,21,25)(H,22,26)(H,23,24). The van der Waals surface area contributed by atoms with Gasteiger partial charge in [0.25, 0.3) is 11.8 Å². The fraction of sp³-hybridized carbons (Fsp3) is 0.105. The number of anilines is 1. The highest BCUT2D eigenvalue weighted by Gasteiger charge is 2.17. The molecule has 0 saturated carbocycles. The van der Waals surface area contributed by atoms with Gasteiger partial charge in [0, 0.05) is 28.4 Å². The Labute approximate surface area is 164 Å². The van der Waals surface area contributed by atoms with Crippen molar-refractivity contribution < 1.29 is 14.4 Å². The van der Waals surface area contributed by atoms with E-state index in [-0.39, 0.29) is 12.5 Å².